The Morgan fingerprint density at radius 2 is 2.15 bits per heavy atom. The van der Waals surface area contributed by atoms with Crippen molar-refractivity contribution in [2.75, 3.05) is 5.73 Å². The van der Waals surface area contributed by atoms with Crippen LogP contribution in [0.2, 0.25) is 0 Å². The lowest BCUT2D eigenvalue weighted by Crippen LogP contribution is -2.26. The molecule has 1 heterocycles. The lowest BCUT2D eigenvalue weighted by molar-refractivity contribution is 0.211. The van der Waals surface area contributed by atoms with E-state index in [9.17, 15) is 0 Å². The zero-order valence-corrected chi connectivity index (χ0v) is 8.91. The van der Waals surface area contributed by atoms with Gasteiger partial charge in [-0.2, -0.15) is 0 Å². The Balaban J connectivity index is 2.74. The molecular formula is C10H19N3. The van der Waals surface area contributed by atoms with Crippen LogP contribution in [-0.2, 0) is 6.54 Å². The number of hydrogen-bond acceptors (Lipinski definition) is 2. The Kier molecular flexibility index (Phi) is 2.64. The van der Waals surface area contributed by atoms with E-state index in [1.54, 1.807) is 6.20 Å². The first kappa shape index (κ1) is 10.1. The molecule has 0 aliphatic rings. The third kappa shape index (κ3) is 2.23. The second-order valence-corrected chi connectivity index (χ2v) is 4.56. The SMILES string of the molecule is CC(C)C(C)(C)Cn1ccnc1N. The summed E-state index contributed by atoms with van der Waals surface area (Å²) in [7, 11) is 0. The molecule has 0 saturated heterocycles. The molecular weight excluding hydrogens is 162 g/mol. The number of nitrogen functional groups attached to an aromatic ring is 1. The third-order valence-electron chi connectivity index (χ3n) is 2.89. The fourth-order valence-corrected chi connectivity index (χ4v) is 1.10. The zero-order valence-electron chi connectivity index (χ0n) is 8.91. The van der Waals surface area contributed by atoms with Crippen LogP contribution in [0.15, 0.2) is 12.4 Å². The fourth-order valence-electron chi connectivity index (χ4n) is 1.10. The normalized spacial score (nSPS) is 12.4. The molecule has 13 heavy (non-hydrogen) atoms. The number of imidazole rings is 1. The molecule has 0 aliphatic heterocycles. The van der Waals surface area contributed by atoms with Crippen LogP contribution in [0.5, 0.6) is 0 Å². The van der Waals surface area contributed by atoms with E-state index in [1.165, 1.54) is 0 Å². The van der Waals surface area contributed by atoms with Crippen LogP contribution >= 0.6 is 0 Å². The number of rotatable bonds is 3. The highest BCUT2D eigenvalue weighted by Gasteiger charge is 2.23. The molecule has 74 valence electrons. The van der Waals surface area contributed by atoms with E-state index < -0.39 is 0 Å². The monoisotopic (exact) mass is 181 g/mol. The molecule has 0 amide bonds. The van der Waals surface area contributed by atoms with E-state index in [4.69, 9.17) is 5.73 Å². The summed E-state index contributed by atoms with van der Waals surface area (Å²) in [5.74, 6) is 1.24. The van der Waals surface area contributed by atoms with E-state index in [1.807, 2.05) is 10.8 Å². The standard InChI is InChI=1S/C10H19N3/c1-8(2)10(3,4)7-13-6-5-12-9(13)11/h5-6,8H,7H2,1-4H3,(H2,11,12). The molecule has 0 unspecified atom stereocenters. The fraction of sp³-hybridized carbons (Fsp3) is 0.700. The highest BCUT2D eigenvalue weighted by Crippen LogP contribution is 2.28. The van der Waals surface area contributed by atoms with Crippen LogP contribution in [0.25, 0.3) is 0 Å². The summed E-state index contributed by atoms with van der Waals surface area (Å²) in [6, 6.07) is 0. The molecule has 0 spiro atoms. The zero-order chi connectivity index (χ0) is 10.1. The van der Waals surface area contributed by atoms with Gasteiger partial charge >= 0.3 is 0 Å². The van der Waals surface area contributed by atoms with Gasteiger partial charge in [0.15, 0.2) is 5.95 Å². The molecule has 2 N–H and O–H groups in total. The van der Waals surface area contributed by atoms with Crippen molar-refractivity contribution in [2.24, 2.45) is 11.3 Å². The number of anilines is 1. The largest absolute Gasteiger partial charge is 0.369 e. The smallest absolute Gasteiger partial charge is 0.200 e. The first-order chi connectivity index (χ1) is 5.93. The van der Waals surface area contributed by atoms with Gasteiger partial charge in [-0.1, -0.05) is 27.7 Å². The predicted molar refractivity (Wildman–Crippen MR) is 55.3 cm³/mol. The van der Waals surface area contributed by atoms with Gasteiger partial charge in [0, 0.05) is 18.9 Å². The topological polar surface area (TPSA) is 43.8 Å². The maximum Gasteiger partial charge on any atom is 0.200 e. The number of aromatic nitrogens is 2. The van der Waals surface area contributed by atoms with Gasteiger partial charge in [-0.25, -0.2) is 4.98 Å². The van der Waals surface area contributed by atoms with E-state index in [0.29, 0.717) is 11.9 Å². The van der Waals surface area contributed by atoms with Crippen molar-refractivity contribution in [2.45, 2.75) is 34.2 Å². The highest BCUT2D eigenvalue weighted by atomic mass is 15.1. The molecule has 3 nitrogen and oxygen atoms in total. The maximum atomic E-state index is 5.70. The van der Waals surface area contributed by atoms with Crippen LogP contribution in [0.4, 0.5) is 5.95 Å². The van der Waals surface area contributed by atoms with Gasteiger partial charge in [0.1, 0.15) is 0 Å². The Morgan fingerprint density at radius 3 is 2.54 bits per heavy atom. The molecule has 3 heteroatoms. The molecule has 0 saturated carbocycles. The average molecular weight is 181 g/mol. The molecule has 0 bridgehead atoms. The van der Waals surface area contributed by atoms with E-state index in [2.05, 4.69) is 32.7 Å². The molecule has 0 aromatic carbocycles. The lowest BCUT2D eigenvalue weighted by atomic mass is 9.81. The van der Waals surface area contributed by atoms with Crippen LogP contribution in [0.3, 0.4) is 0 Å². The summed E-state index contributed by atoms with van der Waals surface area (Å²) in [5, 5.41) is 0. The molecule has 1 aromatic rings. The summed E-state index contributed by atoms with van der Waals surface area (Å²) in [6.45, 7) is 9.88. The predicted octanol–water partition coefficient (Wildman–Crippen LogP) is 2.15. The van der Waals surface area contributed by atoms with Gasteiger partial charge in [0.25, 0.3) is 0 Å². The molecule has 1 rings (SSSR count). The molecule has 0 fully saturated rings. The van der Waals surface area contributed by atoms with Crippen LogP contribution in [-0.4, -0.2) is 9.55 Å². The van der Waals surface area contributed by atoms with E-state index in [0.717, 1.165) is 6.54 Å². The Hall–Kier alpha value is -0.990. The first-order valence-electron chi connectivity index (χ1n) is 4.70. The van der Waals surface area contributed by atoms with Gasteiger partial charge in [-0.15, -0.1) is 0 Å². The second-order valence-electron chi connectivity index (χ2n) is 4.56. The van der Waals surface area contributed by atoms with E-state index in [-0.39, 0.29) is 5.41 Å². The number of nitrogens with zero attached hydrogens (tertiary/aromatic N) is 2. The van der Waals surface area contributed by atoms with Gasteiger partial charge in [0.2, 0.25) is 0 Å². The van der Waals surface area contributed by atoms with Crippen LogP contribution in [0, 0.1) is 11.3 Å². The Labute approximate surface area is 80.0 Å². The van der Waals surface area contributed by atoms with Crippen molar-refractivity contribution >= 4 is 5.95 Å². The van der Waals surface area contributed by atoms with Gasteiger partial charge in [-0.3, -0.25) is 0 Å². The third-order valence-corrected chi connectivity index (χ3v) is 2.89. The van der Waals surface area contributed by atoms with Crippen LogP contribution in [0.1, 0.15) is 27.7 Å². The summed E-state index contributed by atoms with van der Waals surface area (Å²) < 4.78 is 2.00. The summed E-state index contributed by atoms with van der Waals surface area (Å²) in [4.78, 5) is 4.00. The van der Waals surface area contributed by atoms with Gasteiger partial charge in [-0.05, 0) is 11.3 Å². The minimum Gasteiger partial charge on any atom is -0.369 e. The second kappa shape index (κ2) is 3.40. The van der Waals surface area contributed by atoms with Crippen molar-refractivity contribution in [3.05, 3.63) is 12.4 Å². The summed E-state index contributed by atoms with van der Waals surface area (Å²) in [6.07, 6.45) is 3.67. The lowest BCUT2D eigenvalue weighted by Gasteiger charge is -2.29. The molecule has 0 aliphatic carbocycles. The first-order valence-corrected chi connectivity index (χ1v) is 4.70. The minimum atomic E-state index is 0.259. The van der Waals surface area contributed by atoms with Crippen LogP contribution < -0.4 is 5.73 Å². The Bertz CT molecular complexity index is 273. The summed E-state index contributed by atoms with van der Waals surface area (Å²) >= 11 is 0. The van der Waals surface area contributed by atoms with Gasteiger partial charge in [0.05, 0.1) is 0 Å². The molecule has 1 aromatic heterocycles. The van der Waals surface area contributed by atoms with Crippen molar-refractivity contribution in [3.63, 3.8) is 0 Å². The van der Waals surface area contributed by atoms with Gasteiger partial charge < -0.3 is 10.3 Å². The van der Waals surface area contributed by atoms with E-state index >= 15 is 0 Å². The van der Waals surface area contributed by atoms with Crippen molar-refractivity contribution in [3.8, 4) is 0 Å². The number of nitrogens with two attached hydrogens (primary N) is 1. The van der Waals surface area contributed by atoms with Crippen molar-refractivity contribution in [1.29, 1.82) is 0 Å². The highest BCUT2D eigenvalue weighted by molar-refractivity contribution is 5.16. The number of hydrogen-bond donors (Lipinski definition) is 1. The van der Waals surface area contributed by atoms with Crippen molar-refractivity contribution < 1.29 is 0 Å². The average Bonchev–Trinajstić information content (AvgIpc) is 2.35. The maximum absolute atomic E-state index is 5.70. The molecule has 0 radical (unpaired) electrons. The quantitative estimate of drug-likeness (QED) is 0.776. The Morgan fingerprint density at radius 1 is 1.54 bits per heavy atom. The molecule has 0 atom stereocenters. The summed E-state index contributed by atoms with van der Waals surface area (Å²) in [5.41, 5.74) is 5.96. The van der Waals surface area contributed by atoms with Crippen molar-refractivity contribution in [1.82, 2.24) is 9.55 Å². The minimum absolute atomic E-state index is 0.259.